The Hall–Kier alpha value is -1.29. The molecule has 3 N–H and O–H groups in total. The van der Waals surface area contributed by atoms with Gasteiger partial charge in [-0.15, -0.1) is 0 Å². The van der Waals surface area contributed by atoms with E-state index in [9.17, 15) is 5.11 Å². The molecule has 1 heterocycles. The molecule has 4 heteroatoms. The van der Waals surface area contributed by atoms with Crippen LogP contribution in [0.25, 0.3) is 0 Å². The molecule has 18 heavy (non-hydrogen) atoms. The average molecular weight is 266 g/mol. The Kier molecular flexibility index (Phi) is 4.07. The lowest BCUT2D eigenvalue weighted by atomic mass is 9.90. The molecule has 0 saturated carbocycles. The highest BCUT2D eigenvalue weighted by Crippen LogP contribution is 2.31. The molecule has 1 aromatic heterocycles. The Morgan fingerprint density at radius 3 is 2.44 bits per heavy atom. The zero-order chi connectivity index (χ0) is 13.1. The number of halogens is 1. The zero-order valence-corrected chi connectivity index (χ0v) is 10.9. The van der Waals surface area contributed by atoms with E-state index in [1.807, 2.05) is 25.1 Å². The lowest BCUT2D eigenvalue weighted by molar-refractivity contribution is 0.146. The van der Waals surface area contributed by atoms with Gasteiger partial charge in [0, 0.05) is 23.0 Å². The van der Waals surface area contributed by atoms with E-state index in [2.05, 4.69) is 0 Å². The first-order valence-electron chi connectivity index (χ1n) is 5.80. The van der Waals surface area contributed by atoms with Crippen LogP contribution in [-0.2, 0) is 0 Å². The molecule has 1 aromatic carbocycles. The minimum Gasteiger partial charge on any atom is -0.469 e. The van der Waals surface area contributed by atoms with Crippen molar-refractivity contribution in [2.75, 3.05) is 6.54 Å². The van der Waals surface area contributed by atoms with Crippen molar-refractivity contribution in [2.24, 2.45) is 5.73 Å². The Bertz CT molecular complexity index is 507. The average Bonchev–Trinajstić information content (AvgIpc) is 2.79. The summed E-state index contributed by atoms with van der Waals surface area (Å²) in [6.45, 7) is 2.20. The SMILES string of the molecule is Cc1cc(C(O)C(CN)c2ccc(Cl)cc2)co1. The summed E-state index contributed by atoms with van der Waals surface area (Å²) >= 11 is 5.85. The van der Waals surface area contributed by atoms with Gasteiger partial charge in [-0.3, -0.25) is 0 Å². The maximum atomic E-state index is 10.3. The molecule has 0 amide bonds. The first-order valence-corrected chi connectivity index (χ1v) is 6.18. The third-order valence-corrected chi connectivity index (χ3v) is 3.28. The quantitative estimate of drug-likeness (QED) is 0.893. The molecule has 0 radical (unpaired) electrons. The number of aliphatic hydroxyl groups excluding tert-OH is 1. The maximum absolute atomic E-state index is 10.3. The van der Waals surface area contributed by atoms with E-state index in [4.69, 9.17) is 21.8 Å². The van der Waals surface area contributed by atoms with E-state index in [1.165, 1.54) is 0 Å². The molecule has 3 nitrogen and oxygen atoms in total. The van der Waals surface area contributed by atoms with E-state index < -0.39 is 6.10 Å². The number of rotatable bonds is 4. The molecule has 0 fully saturated rings. The molecule has 0 bridgehead atoms. The van der Waals surface area contributed by atoms with Crippen LogP contribution >= 0.6 is 11.6 Å². The highest BCUT2D eigenvalue weighted by atomic mass is 35.5. The highest BCUT2D eigenvalue weighted by Gasteiger charge is 2.22. The van der Waals surface area contributed by atoms with Crippen LogP contribution in [0.1, 0.15) is 28.9 Å². The number of furan rings is 1. The van der Waals surface area contributed by atoms with Gasteiger partial charge in [-0.1, -0.05) is 23.7 Å². The number of hydrogen-bond donors (Lipinski definition) is 2. The van der Waals surface area contributed by atoms with Crippen LogP contribution in [0.2, 0.25) is 5.02 Å². The lowest BCUT2D eigenvalue weighted by Crippen LogP contribution is -2.19. The van der Waals surface area contributed by atoms with Crippen molar-refractivity contribution < 1.29 is 9.52 Å². The molecule has 2 rings (SSSR count). The summed E-state index contributed by atoms with van der Waals surface area (Å²) in [6, 6.07) is 9.19. The van der Waals surface area contributed by atoms with Crippen molar-refractivity contribution in [3.63, 3.8) is 0 Å². The normalized spacial score (nSPS) is 14.4. The van der Waals surface area contributed by atoms with Crippen LogP contribution in [0.4, 0.5) is 0 Å². The number of aryl methyl sites for hydroxylation is 1. The summed E-state index contributed by atoms with van der Waals surface area (Å²) in [5.74, 6) is 0.607. The van der Waals surface area contributed by atoms with Crippen LogP contribution in [0.15, 0.2) is 41.0 Å². The summed E-state index contributed by atoms with van der Waals surface area (Å²) in [5.41, 5.74) is 7.48. The van der Waals surface area contributed by atoms with Gasteiger partial charge in [-0.05, 0) is 30.7 Å². The van der Waals surface area contributed by atoms with Crippen molar-refractivity contribution >= 4 is 11.6 Å². The van der Waals surface area contributed by atoms with Crippen molar-refractivity contribution in [2.45, 2.75) is 18.9 Å². The molecular formula is C14H16ClNO2. The molecule has 0 aliphatic heterocycles. The second-order valence-corrected chi connectivity index (χ2v) is 4.77. The van der Waals surface area contributed by atoms with Crippen molar-refractivity contribution in [3.05, 3.63) is 58.5 Å². The van der Waals surface area contributed by atoms with Gasteiger partial charge in [0.2, 0.25) is 0 Å². The summed E-state index contributed by atoms with van der Waals surface area (Å²) in [4.78, 5) is 0. The fourth-order valence-corrected chi connectivity index (χ4v) is 2.13. The molecule has 0 saturated heterocycles. The smallest absolute Gasteiger partial charge is 0.101 e. The second kappa shape index (κ2) is 5.57. The van der Waals surface area contributed by atoms with Gasteiger partial charge in [0.1, 0.15) is 5.76 Å². The van der Waals surface area contributed by atoms with Crippen molar-refractivity contribution in [1.82, 2.24) is 0 Å². The van der Waals surface area contributed by atoms with Crippen LogP contribution in [0.5, 0.6) is 0 Å². The first kappa shape index (κ1) is 13.1. The molecule has 0 aliphatic rings. The van der Waals surface area contributed by atoms with Gasteiger partial charge < -0.3 is 15.3 Å². The number of benzene rings is 1. The van der Waals surface area contributed by atoms with E-state index in [0.29, 0.717) is 11.6 Å². The topological polar surface area (TPSA) is 59.4 Å². The molecule has 96 valence electrons. The minimum atomic E-state index is -0.673. The largest absolute Gasteiger partial charge is 0.469 e. The molecule has 2 unspecified atom stereocenters. The fraction of sp³-hybridized carbons (Fsp3) is 0.286. The summed E-state index contributed by atoms with van der Waals surface area (Å²) in [7, 11) is 0. The third-order valence-electron chi connectivity index (χ3n) is 3.03. The third kappa shape index (κ3) is 2.75. The predicted octanol–water partition coefficient (Wildman–Crippen LogP) is 3.02. The van der Waals surface area contributed by atoms with Crippen LogP contribution in [0.3, 0.4) is 0 Å². The monoisotopic (exact) mass is 265 g/mol. The van der Waals surface area contributed by atoms with Crippen LogP contribution < -0.4 is 5.73 Å². The fourth-order valence-electron chi connectivity index (χ4n) is 2.01. The Balaban J connectivity index is 2.25. The Labute approximate surface area is 111 Å². The van der Waals surface area contributed by atoms with Gasteiger partial charge in [0.15, 0.2) is 0 Å². The van der Waals surface area contributed by atoms with E-state index in [0.717, 1.165) is 16.9 Å². The number of aliphatic hydroxyl groups is 1. The van der Waals surface area contributed by atoms with Gasteiger partial charge in [0.25, 0.3) is 0 Å². The Morgan fingerprint density at radius 1 is 1.28 bits per heavy atom. The van der Waals surface area contributed by atoms with Gasteiger partial charge in [-0.25, -0.2) is 0 Å². The summed E-state index contributed by atoms with van der Waals surface area (Å²) < 4.78 is 5.21. The molecular weight excluding hydrogens is 250 g/mol. The Morgan fingerprint density at radius 2 is 1.94 bits per heavy atom. The second-order valence-electron chi connectivity index (χ2n) is 4.33. The predicted molar refractivity (Wildman–Crippen MR) is 71.7 cm³/mol. The molecule has 0 aliphatic carbocycles. The van der Waals surface area contributed by atoms with Gasteiger partial charge in [0.05, 0.1) is 12.4 Å². The number of hydrogen-bond acceptors (Lipinski definition) is 3. The van der Waals surface area contributed by atoms with Crippen molar-refractivity contribution in [3.8, 4) is 0 Å². The van der Waals surface area contributed by atoms with Crippen molar-refractivity contribution in [1.29, 1.82) is 0 Å². The van der Waals surface area contributed by atoms with E-state index >= 15 is 0 Å². The molecule has 0 spiro atoms. The maximum Gasteiger partial charge on any atom is 0.101 e. The van der Waals surface area contributed by atoms with Crippen LogP contribution in [-0.4, -0.2) is 11.7 Å². The summed E-state index contributed by atoms with van der Waals surface area (Å²) in [6.07, 6.45) is 0.895. The zero-order valence-electron chi connectivity index (χ0n) is 10.1. The van der Waals surface area contributed by atoms with E-state index in [1.54, 1.807) is 18.4 Å². The summed E-state index contributed by atoms with van der Waals surface area (Å²) in [5, 5.41) is 11.0. The van der Waals surface area contributed by atoms with Gasteiger partial charge in [-0.2, -0.15) is 0 Å². The molecule has 2 aromatic rings. The number of nitrogens with two attached hydrogens (primary N) is 1. The lowest BCUT2D eigenvalue weighted by Gasteiger charge is -2.20. The highest BCUT2D eigenvalue weighted by molar-refractivity contribution is 6.30. The standard InChI is InChI=1S/C14H16ClNO2/c1-9-6-11(8-18-9)14(17)13(7-16)10-2-4-12(15)5-3-10/h2-6,8,13-14,17H,7,16H2,1H3. The molecule has 2 atom stereocenters. The van der Waals surface area contributed by atoms with Gasteiger partial charge >= 0.3 is 0 Å². The first-order chi connectivity index (χ1) is 8.61. The van der Waals surface area contributed by atoms with Crippen LogP contribution in [0, 0.1) is 6.92 Å². The van der Waals surface area contributed by atoms with E-state index in [-0.39, 0.29) is 5.92 Å². The minimum absolute atomic E-state index is 0.167.